The van der Waals surface area contributed by atoms with Crippen molar-refractivity contribution in [2.75, 3.05) is 12.4 Å². The molecule has 3 nitrogen and oxygen atoms in total. The van der Waals surface area contributed by atoms with E-state index in [1.54, 1.807) is 0 Å². The lowest BCUT2D eigenvalue weighted by Gasteiger charge is -1.98. The van der Waals surface area contributed by atoms with E-state index in [0.29, 0.717) is 0 Å². The molecular weight excluding hydrogens is 172 g/mol. The second-order valence-corrected chi connectivity index (χ2v) is 3.46. The van der Waals surface area contributed by atoms with Crippen LogP contribution in [0.25, 0.3) is 10.2 Å². The summed E-state index contributed by atoms with van der Waals surface area (Å²) in [7, 11) is 1.84. The summed E-state index contributed by atoms with van der Waals surface area (Å²) < 4.78 is 0.992. The van der Waals surface area contributed by atoms with Gasteiger partial charge in [0.15, 0.2) is 0 Å². The lowest BCUT2D eigenvalue weighted by atomic mass is 10.3. The topological polar surface area (TPSA) is 44.9 Å². The molecular formula is C8H8N2OS. The normalized spacial score (nSPS) is 10.4. The van der Waals surface area contributed by atoms with Gasteiger partial charge in [0, 0.05) is 7.05 Å². The highest BCUT2D eigenvalue weighted by Crippen LogP contribution is 2.21. The van der Waals surface area contributed by atoms with Crippen LogP contribution >= 0.6 is 11.3 Å². The van der Waals surface area contributed by atoms with Crippen molar-refractivity contribution in [2.45, 2.75) is 0 Å². The number of para-hydroxylation sites is 1. The number of rotatable bonds is 1. The standard InChI is InChI=1S/C8H8N2OS/c1-9-5-3-2-4-6-7(5)10-8(11)12-6/h2-4,9H,1H3,(H,10,11). The van der Waals surface area contributed by atoms with Crippen LogP contribution in [0.3, 0.4) is 0 Å². The van der Waals surface area contributed by atoms with Gasteiger partial charge in [-0.05, 0) is 12.1 Å². The van der Waals surface area contributed by atoms with Gasteiger partial charge in [-0.1, -0.05) is 17.4 Å². The summed E-state index contributed by atoms with van der Waals surface area (Å²) in [6, 6.07) is 5.79. The second-order valence-electron chi connectivity index (χ2n) is 2.44. The van der Waals surface area contributed by atoms with Gasteiger partial charge in [0.25, 0.3) is 0 Å². The molecule has 1 aromatic carbocycles. The Morgan fingerprint density at radius 2 is 2.33 bits per heavy atom. The number of fused-ring (bicyclic) bond motifs is 1. The van der Waals surface area contributed by atoms with Gasteiger partial charge in [0.1, 0.15) is 0 Å². The van der Waals surface area contributed by atoms with Crippen molar-refractivity contribution < 1.29 is 0 Å². The summed E-state index contributed by atoms with van der Waals surface area (Å²) in [5.74, 6) is 0. The van der Waals surface area contributed by atoms with Crippen molar-refractivity contribution in [3.8, 4) is 0 Å². The Kier molecular flexibility index (Phi) is 1.62. The van der Waals surface area contributed by atoms with Crippen LogP contribution in [-0.2, 0) is 0 Å². The number of hydrogen-bond donors (Lipinski definition) is 2. The van der Waals surface area contributed by atoms with E-state index in [1.807, 2.05) is 25.2 Å². The van der Waals surface area contributed by atoms with Crippen LogP contribution in [0.5, 0.6) is 0 Å². The zero-order valence-electron chi connectivity index (χ0n) is 6.55. The van der Waals surface area contributed by atoms with E-state index >= 15 is 0 Å². The van der Waals surface area contributed by atoms with E-state index in [9.17, 15) is 4.79 Å². The van der Waals surface area contributed by atoms with E-state index < -0.39 is 0 Å². The predicted molar refractivity (Wildman–Crippen MR) is 52.0 cm³/mol. The predicted octanol–water partition coefficient (Wildman–Crippen LogP) is 1.63. The lowest BCUT2D eigenvalue weighted by molar-refractivity contribution is 1.39. The van der Waals surface area contributed by atoms with Crippen molar-refractivity contribution in [1.29, 1.82) is 0 Å². The largest absolute Gasteiger partial charge is 0.386 e. The van der Waals surface area contributed by atoms with E-state index in [-0.39, 0.29) is 4.87 Å². The Labute approximate surface area is 73.0 Å². The highest BCUT2D eigenvalue weighted by molar-refractivity contribution is 7.16. The number of anilines is 1. The fourth-order valence-corrected chi connectivity index (χ4v) is 1.94. The molecule has 0 bridgehead atoms. The van der Waals surface area contributed by atoms with Crippen LogP contribution in [0.1, 0.15) is 0 Å². The molecule has 0 fully saturated rings. The molecule has 2 aromatic rings. The molecule has 0 saturated carbocycles. The second kappa shape index (κ2) is 2.64. The zero-order valence-corrected chi connectivity index (χ0v) is 7.37. The van der Waals surface area contributed by atoms with Crippen LogP contribution in [0.2, 0.25) is 0 Å². The van der Waals surface area contributed by atoms with Crippen LogP contribution in [0, 0.1) is 0 Å². The maximum atomic E-state index is 11.0. The average molecular weight is 180 g/mol. The van der Waals surface area contributed by atoms with Gasteiger partial charge < -0.3 is 10.3 Å². The summed E-state index contributed by atoms with van der Waals surface area (Å²) in [5.41, 5.74) is 1.86. The molecule has 4 heteroatoms. The first-order chi connectivity index (χ1) is 5.81. The first-order valence-corrected chi connectivity index (χ1v) is 4.42. The van der Waals surface area contributed by atoms with E-state index in [0.717, 1.165) is 15.9 Å². The quantitative estimate of drug-likeness (QED) is 0.700. The molecule has 0 radical (unpaired) electrons. The van der Waals surface area contributed by atoms with Crippen LogP contribution < -0.4 is 10.2 Å². The van der Waals surface area contributed by atoms with Crippen molar-refractivity contribution in [1.82, 2.24) is 4.98 Å². The minimum absolute atomic E-state index is 0.00676. The molecule has 12 heavy (non-hydrogen) atoms. The van der Waals surface area contributed by atoms with Gasteiger partial charge >= 0.3 is 4.87 Å². The monoisotopic (exact) mass is 180 g/mol. The third-order valence-electron chi connectivity index (χ3n) is 1.73. The molecule has 0 atom stereocenters. The van der Waals surface area contributed by atoms with Crippen LogP contribution in [-0.4, -0.2) is 12.0 Å². The highest BCUT2D eigenvalue weighted by Gasteiger charge is 2.01. The summed E-state index contributed by atoms with van der Waals surface area (Å²) in [6.07, 6.45) is 0. The Hall–Kier alpha value is -1.29. The number of thiazole rings is 1. The number of H-pyrrole nitrogens is 1. The van der Waals surface area contributed by atoms with Gasteiger partial charge in [0.2, 0.25) is 0 Å². The Bertz CT molecular complexity index is 457. The molecule has 62 valence electrons. The fourth-order valence-electron chi connectivity index (χ4n) is 1.18. The summed E-state index contributed by atoms with van der Waals surface area (Å²) in [5, 5.41) is 3.02. The van der Waals surface area contributed by atoms with Gasteiger partial charge in [0.05, 0.1) is 15.9 Å². The summed E-state index contributed by atoms with van der Waals surface area (Å²) in [4.78, 5) is 13.8. The van der Waals surface area contributed by atoms with E-state index in [2.05, 4.69) is 10.3 Å². The number of aromatic amines is 1. The van der Waals surface area contributed by atoms with Crippen molar-refractivity contribution in [3.05, 3.63) is 27.9 Å². The van der Waals surface area contributed by atoms with Gasteiger partial charge in [-0.2, -0.15) is 0 Å². The Morgan fingerprint density at radius 3 is 3.08 bits per heavy atom. The minimum atomic E-state index is -0.00676. The molecule has 0 aliphatic heterocycles. The lowest BCUT2D eigenvalue weighted by Crippen LogP contribution is -1.93. The fraction of sp³-hybridized carbons (Fsp3) is 0.125. The molecule has 0 aliphatic carbocycles. The third-order valence-corrected chi connectivity index (χ3v) is 2.57. The van der Waals surface area contributed by atoms with Crippen LogP contribution in [0.4, 0.5) is 5.69 Å². The Morgan fingerprint density at radius 1 is 1.50 bits per heavy atom. The third kappa shape index (κ3) is 1.00. The van der Waals surface area contributed by atoms with Crippen LogP contribution in [0.15, 0.2) is 23.0 Å². The molecule has 0 saturated heterocycles. The molecule has 0 aliphatic rings. The van der Waals surface area contributed by atoms with Gasteiger partial charge in [-0.3, -0.25) is 4.79 Å². The van der Waals surface area contributed by atoms with Crippen molar-refractivity contribution in [2.24, 2.45) is 0 Å². The van der Waals surface area contributed by atoms with E-state index in [1.165, 1.54) is 11.3 Å². The van der Waals surface area contributed by atoms with Gasteiger partial charge in [-0.25, -0.2) is 0 Å². The smallest absolute Gasteiger partial charge is 0.305 e. The molecule has 1 aromatic heterocycles. The number of nitrogens with one attached hydrogen (secondary N) is 2. The van der Waals surface area contributed by atoms with E-state index in [4.69, 9.17) is 0 Å². The number of hydrogen-bond acceptors (Lipinski definition) is 3. The summed E-state index contributed by atoms with van der Waals surface area (Å²) in [6.45, 7) is 0. The molecule has 0 amide bonds. The zero-order chi connectivity index (χ0) is 8.55. The molecule has 1 heterocycles. The molecule has 2 N–H and O–H groups in total. The minimum Gasteiger partial charge on any atom is -0.386 e. The Balaban J connectivity index is 2.87. The highest BCUT2D eigenvalue weighted by atomic mass is 32.1. The average Bonchev–Trinajstić information content (AvgIpc) is 2.44. The maximum Gasteiger partial charge on any atom is 0.305 e. The summed E-state index contributed by atoms with van der Waals surface area (Å²) >= 11 is 1.23. The van der Waals surface area contributed by atoms with Crippen molar-refractivity contribution in [3.63, 3.8) is 0 Å². The molecule has 2 rings (SSSR count). The number of benzene rings is 1. The number of aromatic nitrogens is 1. The molecule has 0 unspecified atom stereocenters. The van der Waals surface area contributed by atoms with Gasteiger partial charge in [-0.15, -0.1) is 0 Å². The molecule has 0 spiro atoms. The SMILES string of the molecule is CNc1cccc2sc(=O)[nH]c12. The first kappa shape index (κ1) is 7.36. The first-order valence-electron chi connectivity index (χ1n) is 3.61. The van der Waals surface area contributed by atoms with Crippen molar-refractivity contribution >= 4 is 27.2 Å². The maximum absolute atomic E-state index is 11.0.